The highest BCUT2D eigenvalue weighted by molar-refractivity contribution is 5.81. The number of hydrogen-bond acceptors (Lipinski definition) is 3. The van der Waals surface area contributed by atoms with E-state index in [1.807, 2.05) is 6.92 Å². The van der Waals surface area contributed by atoms with E-state index in [4.69, 9.17) is 0 Å². The van der Waals surface area contributed by atoms with Crippen molar-refractivity contribution in [3.63, 3.8) is 0 Å². The third-order valence-corrected chi connectivity index (χ3v) is 2.91. The lowest BCUT2D eigenvalue weighted by molar-refractivity contribution is -0.126. The zero-order valence-electron chi connectivity index (χ0n) is 9.58. The van der Waals surface area contributed by atoms with Crippen molar-refractivity contribution in [3.8, 4) is 0 Å². The van der Waals surface area contributed by atoms with Crippen molar-refractivity contribution >= 4 is 11.7 Å². The van der Waals surface area contributed by atoms with E-state index in [0.717, 1.165) is 26.1 Å². The molecular weight excluding hydrogens is 192 g/mol. The molecule has 0 aromatic heterocycles. The number of carbonyl (C=O) groups excluding carboxylic acids is 2. The number of rotatable bonds is 4. The van der Waals surface area contributed by atoms with E-state index < -0.39 is 0 Å². The maximum atomic E-state index is 11.3. The summed E-state index contributed by atoms with van der Waals surface area (Å²) in [6.07, 6.45) is 2.12. The number of amides is 1. The Morgan fingerprint density at radius 1 is 1.60 bits per heavy atom. The first-order valence-electron chi connectivity index (χ1n) is 5.59. The summed E-state index contributed by atoms with van der Waals surface area (Å²) in [6.45, 7) is 4.61. The van der Waals surface area contributed by atoms with Crippen LogP contribution in [0.4, 0.5) is 0 Å². The summed E-state index contributed by atoms with van der Waals surface area (Å²) in [5, 5.41) is 2.61. The Morgan fingerprint density at radius 3 is 2.93 bits per heavy atom. The standard InChI is InChI=1S/C11H20N2O2/c1-9-8-13(7-5-10(9)14)6-3-4-11(15)12-2/h9H,3-8H2,1-2H3,(H,12,15). The lowest BCUT2D eigenvalue weighted by atomic mass is 9.98. The molecule has 1 atom stereocenters. The van der Waals surface area contributed by atoms with Crippen LogP contribution in [0.3, 0.4) is 0 Å². The zero-order valence-corrected chi connectivity index (χ0v) is 9.58. The minimum absolute atomic E-state index is 0.0936. The van der Waals surface area contributed by atoms with E-state index in [0.29, 0.717) is 18.6 Å². The van der Waals surface area contributed by atoms with Gasteiger partial charge < -0.3 is 10.2 Å². The monoisotopic (exact) mass is 212 g/mol. The van der Waals surface area contributed by atoms with Crippen LogP contribution in [0.2, 0.25) is 0 Å². The zero-order chi connectivity index (χ0) is 11.3. The van der Waals surface area contributed by atoms with Crippen molar-refractivity contribution < 1.29 is 9.59 Å². The lowest BCUT2D eigenvalue weighted by Gasteiger charge is -2.29. The Balaban J connectivity index is 2.17. The third kappa shape index (κ3) is 4.00. The van der Waals surface area contributed by atoms with E-state index in [1.165, 1.54) is 0 Å². The van der Waals surface area contributed by atoms with Gasteiger partial charge in [-0.3, -0.25) is 9.59 Å². The minimum atomic E-state index is 0.0936. The number of nitrogens with one attached hydrogen (secondary N) is 1. The van der Waals surface area contributed by atoms with Gasteiger partial charge in [0, 0.05) is 38.9 Å². The molecule has 15 heavy (non-hydrogen) atoms. The normalized spacial score (nSPS) is 22.8. The van der Waals surface area contributed by atoms with Gasteiger partial charge in [0.05, 0.1) is 0 Å². The van der Waals surface area contributed by atoms with Crippen LogP contribution in [0, 0.1) is 5.92 Å². The summed E-state index contributed by atoms with van der Waals surface area (Å²) in [6, 6.07) is 0. The van der Waals surface area contributed by atoms with Crippen LogP contribution in [0.15, 0.2) is 0 Å². The Morgan fingerprint density at radius 2 is 2.33 bits per heavy atom. The first-order valence-corrected chi connectivity index (χ1v) is 5.59. The summed E-state index contributed by atoms with van der Waals surface area (Å²) in [4.78, 5) is 24.5. The molecule has 1 aliphatic rings. The molecule has 0 aromatic carbocycles. The smallest absolute Gasteiger partial charge is 0.219 e. The van der Waals surface area contributed by atoms with Crippen molar-refractivity contribution in [3.05, 3.63) is 0 Å². The lowest BCUT2D eigenvalue weighted by Crippen LogP contribution is -2.40. The highest BCUT2D eigenvalue weighted by Crippen LogP contribution is 2.12. The molecule has 1 amide bonds. The van der Waals surface area contributed by atoms with E-state index in [2.05, 4.69) is 10.2 Å². The van der Waals surface area contributed by atoms with Gasteiger partial charge in [0.15, 0.2) is 0 Å². The molecule has 1 saturated heterocycles. The Bertz CT molecular complexity index is 241. The molecule has 4 nitrogen and oxygen atoms in total. The molecule has 1 aliphatic heterocycles. The van der Waals surface area contributed by atoms with Gasteiger partial charge in [-0.25, -0.2) is 0 Å². The molecule has 4 heteroatoms. The number of piperidine rings is 1. The first-order chi connectivity index (χ1) is 7.13. The molecular formula is C11H20N2O2. The van der Waals surface area contributed by atoms with Crippen LogP contribution >= 0.6 is 0 Å². The Hall–Kier alpha value is -0.900. The van der Waals surface area contributed by atoms with Crippen molar-refractivity contribution in [1.29, 1.82) is 0 Å². The Kier molecular flexibility index (Phi) is 4.75. The van der Waals surface area contributed by atoms with Crippen molar-refractivity contribution in [1.82, 2.24) is 10.2 Å². The summed E-state index contributed by atoms with van der Waals surface area (Å²) in [5.74, 6) is 0.632. The molecule has 0 aliphatic carbocycles. The molecule has 1 rings (SSSR count). The highest BCUT2D eigenvalue weighted by atomic mass is 16.1. The van der Waals surface area contributed by atoms with E-state index >= 15 is 0 Å². The van der Waals surface area contributed by atoms with Crippen LogP contribution in [0.5, 0.6) is 0 Å². The molecule has 0 aromatic rings. The molecule has 1 unspecified atom stereocenters. The molecule has 0 bridgehead atoms. The second-order valence-corrected chi connectivity index (χ2v) is 4.19. The summed E-state index contributed by atoms with van der Waals surface area (Å²) in [7, 11) is 1.66. The van der Waals surface area contributed by atoms with Gasteiger partial charge in [0.2, 0.25) is 5.91 Å². The second kappa shape index (κ2) is 5.85. The molecule has 1 heterocycles. The predicted molar refractivity (Wildman–Crippen MR) is 58.5 cm³/mol. The van der Waals surface area contributed by atoms with Crippen molar-refractivity contribution in [2.24, 2.45) is 5.92 Å². The number of carbonyl (C=O) groups is 2. The first kappa shape index (κ1) is 12.2. The molecule has 0 saturated carbocycles. The summed E-state index contributed by atoms with van der Waals surface area (Å²) >= 11 is 0. The van der Waals surface area contributed by atoms with Gasteiger partial charge >= 0.3 is 0 Å². The fraction of sp³-hybridized carbons (Fsp3) is 0.818. The average Bonchev–Trinajstić information content (AvgIpc) is 2.23. The highest BCUT2D eigenvalue weighted by Gasteiger charge is 2.22. The van der Waals surface area contributed by atoms with E-state index in [9.17, 15) is 9.59 Å². The van der Waals surface area contributed by atoms with E-state index in [1.54, 1.807) is 7.05 Å². The van der Waals surface area contributed by atoms with Gasteiger partial charge in [0.1, 0.15) is 5.78 Å². The van der Waals surface area contributed by atoms with Gasteiger partial charge in [0.25, 0.3) is 0 Å². The quantitative estimate of drug-likeness (QED) is 0.735. The number of hydrogen-bond donors (Lipinski definition) is 1. The molecule has 1 N–H and O–H groups in total. The summed E-state index contributed by atoms with van der Waals surface area (Å²) < 4.78 is 0. The van der Waals surface area contributed by atoms with Gasteiger partial charge in [-0.2, -0.15) is 0 Å². The number of Topliss-reactive ketones (excluding diaryl/α,β-unsaturated/α-hetero) is 1. The maximum Gasteiger partial charge on any atom is 0.219 e. The number of likely N-dealkylation sites (tertiary alicyclic amines) is 1. The largest absolute Gasteiger partial charge is 0.359 e. The minimum Gasteiger partial charge on any atom is -0.359 e. The molecule has 86 valence electrons. The van der Waals surface area contributed by atoms with Crippen LogP contribution in [0.25, 0.3) is 0 Å². The SMILES string of the molecule is CNC(=O)CCCN1CCC(=O)C(C)C1. The Labute approximate surface area is 91.0 Å². The maximum absolute atomic E-state index is 11.3. The topological polar surface area (TPSA) is 49.4 Å². The molecule has 0 spiro atoms. The second-order valence-electron chi connectivity index (χ2n) is 4.19. The fourth-order valence-corrected chi connectivity index (χ4v) is 1.89. The van der Waals surface area contributed by atoms with Crippen LogP contribution in [-0.4, -0.2) is 43.3 Å². The van der Waals surface area contributed by atoms with Crippen molar-refractivity contribution in [2.45, 2.75) is 26.2 Å². The van der Waals surface area contributed by atoms with Crippen LogP contribution < -0.4 is 5.32 Å². The van der Waals surface area contributed by atoms with Gasteiger partial charge in [-0.15, -0.1) is 0 Å². The molecule has 1 fully saturated rings. The molecule has 0 radical (unpaired) electrons. The third-order valence-electron chi connectivity index (χ3n) is 2.91. The average molecular weight is 212 g/mol. The predicted octanol–water partition coefficient (Wildman–Crippen LogP) is 0.424. The number of ketones is 1. The van der Waals surface area contributed by atoms with Crippen molar-refractivity contribution in [2.75, 3.05) is 26.7 Å². The van der Waals surface area contributed by atoms with Gasteiger partial charge in [-0.05, 0) is 13.0 Å². The number of nitrogens with zero attached hydrogens (tertiary/aromatic N) is 1. The van der Waals surface area contributed by atoms with Crippen LogP contribution in [-0.2, 0) is 9.59 Å². The summed E-state index contributed by atoms with van der Waals surface area (Å²) in [5.41, 5.74) is 0. The van der Waals surface area contributed by atoms with Gasteiger partial charge in [-0.1, -0.05) is 6.92 Å². The van der Waals surface area contributed by atoms with Crippen LogP contribution in [0.1, 0.15) is 26.2 Å². The fourth-order valence-electron chi connectivity index (χ4n) is 1.89. The van der Waals surface area contributed by atoms with E-state index in [-0.39, 0.29) is 11.8 Å².